The standard InChI is InChI=1S/C2HN3S2.2O.Ti/c6-4-2-1-7-5-3-2;;;/h1H;;;. The number of hydrogen-bond acceptors (Lipinski definition) is 7. The van der Waals surface area contributed by atoms with E-state index in [0.29, 0.717) is 5.82 Å². The van der Waals surface area contributed by atoms with Gasteiger partial charge >= 0.3 is 25.7 Å². The van der Waals surface area contributed by atoms with Crippen LogP contribution in [0, 0.1) is 0 Å². The predicted octanol–water partition coefficient (Wildman–Crippen LogP) is 0.660. The normalized spacial score (nSPS) is 6.80. The van der Waals surface area contributed by atoms with Gasteiger partial charge in [-0.05, 0) is 11.5 Å². The van der Waals surface area contributed by atoms with E-state index >= 15 is 0 Å². The Bertz CT molecular complexity index is 218. The number of aromatic nitrogens is 2. The molecule has 0 aromatic carbocycles. The number of hydrogen-bond donors (Lipinski definition) is 0. The van der Waals surface area contributed by atoms with Gasteiger partial charge in [0.05, 0.1) is 5.38 Å². The van der Waals surface area contributed by atoms with E-state index in [1.807, 2.05) is 0 Å². The summed E-state index contributed by atoms with van der Waals surface area (Å²) < 4.78 is 23.9. The van der Waals surface area contributed by atoms with E-state index in [9.17, 15) is 0 Å². The zero-order valence-corrected chi connectivity index (χ0v) is 7.75. The van der Waals surface area contributed by atoms with E-state index in [0.717, 1.165) is 0 Å². The third kappa shape index (κ3) is 4.74. The Morgan fingerprint density at radius 2 is 2.30 bits per heavy atom. The van der Waals surface area contributed by atoms with Gasteiger partial charge in [0.2, 0.25) is 0 Å². The number of rotatable bonds is 1. The van der Waals surface area contributed by atoms with Crippen molar-refractivity contribution in [3.63, 3.8) is 0 Å². The van der Waals surface area contributed by atoms with Crippen LogP contribution in [0.25, 0.3) is 0 Å². The third-order valence-electron chi connectivity index (χ3n) is 0.442. The zero-order valence-electron chi connectivity index (χ0n) is 4.55. The van der Waals surface area contributed by atoms with Gasteiger partial charge in [0.25, 0.3) is 0 Å². The van der Waals surface area contributed by atoms with E-state index in [1.54, 1.807) is 5.38 Å². The summed E-state index contributed by atoms with van der Waals surface area (Å²) in [4.78, 5) is 0. The molecule has 8 heteroatoms. The van der Waals surface area contributed by atoms with Crippen molar-refractivity contribution in [3.05, 3.63) is 5.38 Å². The molecule has 0 unspecified atom stereocenters. The Labute approximate surface area is 74.7 Å². The van der Waals surface area contributed by atoms with Gasteiger partial charge in [0.15, 0.2) is 5.82 Å². The zero-order chi connectivity index (χ0) is 7.82. The van der Waals surface area contributed by atoms with Crippen molar-refractivity contribution in [3.8, 4) is 0 Å². The van der Waals surface area contributed by atoms with Crippen molar-refractivity contribution in [2.45, 2.75) is 0 Å². The second kappa shape index (κ2) is 7.01. The maximum absolute atomic E-state index is 8.50. The Hall–Kier alpha value is -0.106. The average molecular weight is 211 g/mol. The molecule has 1 heterocycles. The fourth-order valence-corrected chi connectivity index (χ4v) is 0.727. The second-order valence-electron chi connectivity index (χ2n) is 0.938. The van der Waals surface area contributed by atoms with Gasteiger partial charge in [0, 0.05) is 12.4 Å². The molecule has 0 spiro atoms. The molecule has 52 valence electrons. The van der Waals surface area contributed by atoms with E-state index in [2.05, 4.69) is 26.4 Å². The average Bonchev–Trinajstić information content (AvgIpc) is 2.39. The molecule has 1 aromatic heterocycles. The first kappa shape index (κ1) is 9.89. The Morgan fingerprint density at radius 3 is 2.50 bits per heavy atom. The second-order valence-corrected chi connectivity index (χ2v) is 1.99. The van der Waals surface area contributed by atoms with Crippen LogP contribution in [-0.2, 0) is 38.2 Å². The van der Waals surface area contributed by atoms with Gasteiger partial charge in [-0.3, -0.25) is 0 Å². The van der Waals surface area contributed by atoms with E-state index in [4.69, 9.17) is 6.65 Å². The first-order chi connectivity index (χ1) is 4.85. The quantitative estimate of drug-likeness (QED) is 0.638. The molecule has 0 saturated heterocycles. The molecule has 0 saturated carbocycles. The van der Waals surface area contributed by atoms with Crippen molar-refractivity contribution in [2.24, 2.45) is 4.36 Å². The molecule has 0 radical (unpaired) electrons. The molecule has 0 aliphatic heterocycles. The summed E-state index contributed by atoms with van der Waals surface area (Å²) in [5.41, 5.74) is 0. The fraction of sp³-hybridized carbons (Fsp3) is 0. The summed E-state index contributed by atoms with van der Waals surface area (Å²) in [5.74, 6) is 0.528. The topological polar surface area (TPSA) is 72.3 Å². The monoisotopic (exact) mass is 211 g/mol. The van der Waals surface area contributed by atoms with Crippen molar-refractivity contribution >= 4 is 29.8 Å². The van der Waals surface area contributed by atoms with Crippen LogP contribution >= 0.6 is 11.5 Å². The van der Waals surface area contributed by atoms with Crippen LogP contribution in [0.3, 0.4) is 0 Å². The molecule has 0 bridgehead atoms. The summed E-state index contributed by atoms with van der Waals surface area (Å²) in [6.45, 7) is 0. The van der Waals surface area contributed by atoms with Crippen LogP contribution in [0.5, 0.6) is 0 Å². The summed E-state index contributed by atoms with van der Waals surface area (Å²) >= 11 is 3.54. The summed E-state index contributed by atoms with van der Waals surface area (Å²) in [7, 11) is 0. The van der Waals surface area contributed by atoms with Crippen LogP contribution in [0.4, 0.5) is 5.82 Å². The minimum absolute atomic E-state index is 0.528. The van der Waals surface area contributed by atoms with Crippen molar-refractivity contribution in [1.82, 2.24) is 9.59 Å². The molecule has 1 aromatic rings. The molecule has 10 heavy (non-hydrogen) atoms. The van der Waals surface area contributed by atoms with E-state index in [1.165, 1.54) is 11.5 Å². The molecule has 5 nitrogen and oxygen atoms in total. The molecule has 0 fully saturated rings. The maximum atomic E-state index is 8.50. The SMILES string of the molecule is S=Nc1csnn1.[O]=[Ti]=[O]. The van der Waals surface area contributed by atoms with Gasteiger partial charge in [-0.2, -0.15) is 4.36 Å². The Morgan fingerprint density at radius 1 is 1.70 bits per heavy atom. The Kier molecular flexibility index (Phi) is 6.93. The molecular weight excluding hydrogens is 210 g/mol. The van der Waals surface area contributed by atoms with Crippen molar-refractivity contribution in [2.75, 3.05) is 0 Å². The van der Waals surface area contributed by atoms with Gasteiger partial charge in [-0.25, -0.2) is 0 Å². The molecular formula is C2HN3O2S2Ti. The summed E-state index contributed by atoms with van der Waals surface area (Å²) in [6, 6.07) is 0. The summed E-state index contributed by atoms with van der Waals surface area (Å²) in [5, 5.41) is 5.22. The van der Waals surface area contributed by atoms with Gasteiger partial charge < -0.3 is 0 Å². The first-order valence-corrected chi connectivity index (χ1v) is 4.42. The predicted molar refractivity (Wildman–Crippen MR) is 30.7 cm³/mol. The van der Waals surface area contributed by atoms with E-state index < -0.39 is 19.1 Å². The fourth-order valence-electron chi connectivity index (χ4n) is 0.199. The molecule has 0 N–H and O–H groups in total. The third-order valence-corrected chi connectivity index (χ3v) is 1.12. The van der Waals surface area contributed by atoms with Crippen LogP contribution in [0.2, 0.25) is 0 Å². The molecule has 0 amide bonds. The minimum atomic E-state index is -2.00. The molecule has 1 rings (SSSR count). The van der Waals surface area contributed by atoms with Gasteiger partial charge in [-0.15, -0.1) is 5.10 Å². The van der Waals surface area contributed by atoms with Gasteiger partial charge in [0.1, 0.15) is 0 Å². The van der Waals surface area contributed by atoms with Crippen LogP contribution in [0.1, 0.15) is 0 Å². The molecule has 0 aliphatic carbocycles. The first-order valence-electron chi connectivity index (χ1n) is 1.94. The number of nitrogens with zero attached hydrogens (tertiary/aromatic N) is 3. The van der Waals surface area contributed by atoms with Crippen molar-refractivity contribution < 1.29 is 25.7 Å². The molecule has 0 atom stereocenters. The molecule has 0 aliphatic rings. The van der Waals surface area contributed by atoms with Crippen molar-refractivity contribution in [1.29, 1.82) is 0 Å². The summed E-state index contributed by atoms with van der Waals surface area (Å²) in [6.07, 6.45) is 0. The van der Waals surface area contributed by atoms with Gasteiger partial charge in [-0.1, -0.05) is 4.49 Å². The van der Waals surface area contributed by atoms with E-state index in [-0.39, 0.29) is 0 Å². The Balaban J connectivity index is 0.000000236. The van der Waals surface area contributed by atoms with Crippen LogP contribution in [0.15, 0.2) is 9.74 Å². The van der Waals surface area contributed by atoms with Crippen LogP contribution < -0.4 is 0 Å². The van der Waals surface area contributed by atoms with Crippen LogP contribution in [-0.4, -0.2) is 9.59 Å².